The molecule has 0 saturated heterocycles. The molecule has 1 saturated carbocycles. The van der Waals surface area contributed by atoms with Gasteiger partial charge in [0.25, 0.3) is 0 Å². The summed E-state index contributed by atoms with van der Waals surface area (Å²) in [6, 6.07) is 3.25. The molecule has 0 aliphatic heterocycles. The van der Waals surface area contributed by atoms with Crippen LogP contribution in [0.25, 0.3) is 0 Å². The normalized spacial score (nSPS) is 23.4. The Balaban J connectivity index is 3.52. The first-order valence-electron chi connectivity index (χ1n) is 16.4. The lowest BCUT2D eigenvalue weighted by molar-refractivity contribution is -0.140. The maximum atomic E-state index is 12.1. The molecule has 6 nitrogen and oxygen atoms in total. The van der Waals surface area contributed by atoms with Gasteiger partial charge in [0, 0.05) is 18.8 Å². The van der Waals surface area contributed by atoms with Crippen LogP contribution in [0.4, 0.5) is 0 Å². The average Bonchev–Trinajstić information content (AvgIpc) is 3.18. The smallest absolute Gasteiger partial charge is 0.305 e. The molecule has 0 aromatic heterocycles. The van der Waals surface area contributed by atoms with Crippen LogP contribution in [-0.4, -0.2) is 62.6 Å². The summed E-state index contributed by atoms with van der Waals surface area (Å²) in [4.78, 5) is 24.0. The van der Waals surface area contributed by atoms with Crippen molar-refractivity contribution >= 4 is 37.2 Å². The fourth-order valence-electron chi connectivity index (χ4n) is 5.46. The molecule has 0 unspecified atom stereocenters. The van der Waals surface area contributed by atoms with E-state index >= 15 is 0 Å². The van der Waals surface area contributed by atoms with Crippen LogP contribution >= 0.6 is 0 Å². The van der Waals surface area contributed by atoms with Gasteiger partial charge in [-0.2, -0.15) is 0 Å². The van der Waals surface area contributed by atoms with Gasteiger partial charge in [0.05, 0.1) is 25.4 Å². The van der Waals surface area contributed by atoms with Gasteiger partial charge in [-0.1, -0.05) is 74.5 Å². The number of ether oxygens (including phenoxy) is 1. The Kier molecular flexibility index (Phi) is 15.1. The van der Waals surface area contributed by atoms with Gasteiger partial charge in [-0.15, -0.1) is 0 Å². The maximum Gasteiger partial charge on any atom is 0.305 e. The van der Waals surface area contributed by atoms with Gasteiger partial charge in [-0.3, -0.25) is 4.79 Å². The molecule has 246 valence electrons. The lowest BCUT2D eigenvalue weighted by Crippen LogP contribution is -2.45. The number of hydrogen-bond acceptors (Lipinski definition) is 6. The third-order valence-corrected chi connectivity index (χ3v) is 24.4. The van der Waals surface area contributed by atoms with E-state index in [0.29, 0.717) is 19.3 Å². The Bertz CT molecular complexity index is 862. The maximum absolute atomic E-state index is 12.1. The summed E-state index contributed by atoms with van der Waals surface area (Å²) < 4.78 is 26.0. The predicted octanol–water partition coefficient (Wildman–Crippen LogP) is 9.28. The van der Waals surface area contributed by atoms with Gasteiger partial charge in [0.1, 0.15) is 6.29 Å². The molecule has 1 aliphatic rings. The Morgan fingerprint density at radius 2 is 1.43 bits per heavy atom. The molecule has 5 atom stereocenters. The number of carbonyl (C=O) groups excluding carboxylic acids is 2. The quantitative estimate of drug-likeness (QED) is 0.0682. The molecule has 0 amide bonds. The van der Waals surface area contributed by atoms with Crippen LogP contribution in [0, 0.1) is 11.8 Å². The van der Waals surface area contributed by atoms with Gasteiger partial charge >= 0.3 is 5.97 Å². The van der Waals surface area contributed by atoms with Crippen molar-refractivity contribution in [2.75, 3.05) is 7.11 Å². The molecule has 1 rings (SSSR count). The van der Waals surface area contributed by atoms with Crippen LogP contribution in [0.5, 0.6) is 0 Å². The minimum Gasteiger partial charge on any atom is -0.469 e. The summed E-state index contributed by atoms with van der Waals surface area (Å²) in [6.45, 7) is 29.6. The topological polar surface area (TPSA) is 71.1 Å². The van der Waals surface area contributed by atoms with Crippen LogP contribution in [0.3, 0.4) is 0 Å². The Morgan fingerprint density at radius 1 is 0.881 bits per heavy atom. The second kappa shape index (κ2) is 16.1. The first kappa shape index (κ1) is 39.4. The van der Waals surface area contributed by atoms with Crippen LogP contribution in [-0.2, 0) is 27.6 Å². The molecule has 42 heavy (non-hydrogen) atoms. The van der Waals surface area contributed by atoms with E-state index in [0.717, 1.165) is 37.3 Å². The molecule has 0 bridgehead atoms. The third-order valence-electron chi connectivity index (χ3n) is 10.7. The minimum absolute atomic E-state index is 0.00190. The van der Waals surface area contributed by atoms with Gasteiger partial charge in [-0.05, 0) is 79.6 Å². The highest BCUT2D eigenvalue weighted by molar-refractivity contribution is 6.74. The number of methoxy groups -OCH3 is 1. The molecule has 1 fully saturated rings. The van der Waals surface area contributed by atoms with Crippen LogP contribution in [0.15, 0.2) is 12.2 Å². The lowest BCUT2D eigenvalue weighted by Gasteiger charge is -2.40. The second-order valence-corrected chi connectivity index (χ2v) is 29.7. The van der Waals surface area contributed by atoms with E-state index in [2.05, 4.69) is 101 Å². The summed E-state index contributed by atoms with van der Waals surface area (Å²) in [6.07, 6.45) is 8.60. The Morgan fingerprint density at radius 3 is 1.88 bits per heavy atom. The van der Waals surface area contributed by atoms with Gasteiger partial charge in [0.15, 0.2) is 25.0 Å². The van der Waals surface area contributed by atoms with Crippen molar-refractivity contribution in [2.24, 2.45) is 11.8 Å². The van der Waals surface area contributed by atoms with Crippen molar-refractivity contribution in [1.29, 1.82) is 0 Å². The van der Waals surface area contributed by atoms with Crippen molar-refractivity contribution in [1.82, 2.24) is 0 Å². The molecule has 1 aliphatic carbocycles. The van der Waals surface area contributed by atoms with E-state index < -0.39 is 25.0 Å². The third kappa shape index (κ3) is 10.8. The largest absolute Gasteiger partial charge is 0.469 e. The van der Waals surface area contributed by atoms with E-state index in [9.17, 15) is 9.59 Å². The van der Waals surface area contributed by atoms with E-state index in [1.165, 1.54) is 7.11 Å². The summed E-state index contributed by atoms with van der Waals surface area (Å²) in [5.41, 5.74) is 0. The van der Waals surface area contributed by atoms with E-state index in [-0.39, 0.29) is 46.2 Å². The van der Waals surface area contributed by atoms with E-state index in [1.54, 1.807) is 0 Å². The Hall–Kier alpha value is -0.589. The number of hydrogen-bond donors (Lipinski definition) is 0. The predicted molar refractivity (Wildman–Crippen MR) is 183 cm³/mol. The van der Waals surface area contributed by atoms with Gasteiger partial charge < -0.3 is 22.8 Å². The summed E-state index contributed by atoms with van der Waals surface area (Å²) in [5, 5.41) is 0.146. The molecule has 0 N–H and O–H groups in total. The fourth-order valence-corrected chi connectivity index (χ4v) is 11.0. The molecule has 0 heterocycles. The van der Waals surface area contributed by atoms with E-state index in [1.807, 2.05) is 0 Å². The van der Waals surface area contributed by atoms with Crippen LogP contribution < -0.4 is 0 Å². The zero-order valence-corrected chi connectivity index (χ0v) is 32.7. The zero-order chi connectivity index (χ0) is 32.6. The molecular weight excluding hydrogens is 577 g/mol. The second-order valence-electron chi connectivity index (χ2n) is 15.5. The highest BCUT2D eigenvalue weighted by Crippen LogP contribution is 2.46. The summed E-state index contributed by atoms with van der Waals surface area (Å²) in [5.74, 6) is -0.0449. The van der Waals surface area contributed by atoms with Crippen LogP contribution in [0.1, 0.15) is 94.4 Å². The highest BCUT2D eigenvalue weighted by atomic mass is 28.4. The molecule has 0 aromatic rings. The lowest BCUT2D eigenvalue weighted by atomic mass is 9.90. The van der Waals surface area contributed by atoms with E-state index in [4.69, 9.17) is 18.0 Å². The van der Waals surface area contributed by atoms with Gasteiger partial charge in [0.2, 0.25) is 0 Å². The average molecular weight is 643 g/mol. The van der Waals surface area contributed by atoms with Crippen molar-refractivity contribution in [2.45, 2.75) is 167 Å². The van der Waals surface area contributed by atoms with Gasteiger partial charge in [-0.25, -0.2) is 0 Å². The number of carbonyl (C=O) groups is 2. The highest BCUT2D eigenvalue weighted by Gasteiger charge is 2.49. The van der Waals surface area contributed by atoms with Crippen molar-refractivity contribution in [3.8, 4) is 0 Å². The Labute approximate surface area is 262 Å². The number of esters is 1. The summed E-state index contributed by atoms with van der Waals surface area (Å²) in [7, 11) is -4.59. The van der Waals surface area contributed by atoms with Crippen molar-refractivity contribution in [3.63, 3.8) is 0 Å². The number of rotatable bonds is 17. The van der Waals surface area contributed by atoms with Crippen molar-refractivity contribution < 1.29 is 27.6 Å². The van der Waals surface area contributed by atoms with Crippen LogP contribution in [0.2, 0.25) is 54.4 Å². The van der Waals surface area contributed by atoms with Crippen molar-refractivity contribution in [3.05, 3.63) is 12.2 Å². The number of aldehydes is 1. The molecular formula is C33H66O6Si3. The molecule has 0 radical (unpaired) electrons. The molecule has 9 heteroatoms. The molecule has 0 spiro atoms. The fraction of sp³-hybridized carbons (Fsp3) is 0.879. The first-order chi connectivity index (χ1) is 19.2. The minimum atomic E-state index is -2.08. The molecule has 0 aromatic carbocycles. The first-order valence-corrected chi connectivity index (χ1v) is 24.8. The SMILES string of the molecule is CC[Si](CC)(CC)O[C@@H]1C[C@H](O[Si](C)(C)C(C)(C)C)[C@H](/C=C/[C@H](CCCC(=O)OC)O[Si](C)(C)C(C)(C)C)[C@@H]1CC=O. The monoisotopic (exact) mass is 642 g/mol. The standard InChI is InChI=1S/C33H66O6Si3/c1-15-42(16-2,17-3)39-30-25-29(38-41(13,14)33(7,8)9)27(28(30)23-24-34)22-21-26(19-18-20-31(35)36-10)37-40(11,12)32(4,5)6/h21-22,24,26-30H,15-20,23,25H2,1-14H3/b22-21+/t26-,27+,28-,29-,30+/m0/s1. The zero-order valence-electron chi connectivity index (χ0n) is 29.7. The summed E-state index contributed by atoms with van der Waals surface area (Å²) >= 11 is 0.